The van der Waals surface area contributed by atoms with Crippen molar-refractivity contribution in [3.05, 3.63) is 83.7 Å². The fourth-order valence-electron chi connectivity index (χ4n) is 3.92. The monoisotopic (exact) mass is 473 g/mol. The van der Waals surface area contributed by atoms with Crippen LogP contribution in [0.15, 0.2) is 72.6 Å². The smallest absolute Gasteiger partial charge is 0.301 e. The predicted octanol–water partition coefficient (Wildman–Crippen LogP) is 4.42. The Labute approximate surface area is 198 Å². The van der Waals surface area contributed by atoms with E-state index in [9.17, 15) is 19.8 Å². The number of ether oxygens (including phenoxy) is 1. The number of Topliss-reactive ketones (excluding diaryl/α,β-unsaturated/α-hetero) is 1. The number of nitrogens with zero attached hydrogens (tertiary/aromatic N) is 3. The normalized spacial score (nSPS) is 17.4. The first-order valence-corrected chi connectivity index (χ1v) is 11.3. The van der Waals surface area contributed by atoms with E-state index in [-0.39, 0.29) is 17.1 Å². The maximum atomic E-state index is 13.3. The maximum Gasteiger partial charge on any atom is 0.301 e. The number of hydrogen-bond acceptors (Lipinski definition) is 8. The molecule has 2 aromatic heterocycles. The third kappa shape index (κ3) is 3.65. The highest BCUT2D eigenvalue weighted by Gasteiger charge is 2.48. The molecular formula is C25H19N3O5S. The molecule has 4 aromatic rings. The predicted molar refractivity (Wildman–Crippen MR) is 128 cm³/mol. The molecule has 170 valence electrons. The summed E-state index contributed by atoms with van der Waals surface area (Å²) in [4.78, 5) is 36.3. The zero-order valence-electron chi connectivity index (χ0n) is 18.0. The Hall–Kier alpha value is -4.24. The van der Waals surface area contributed by atoms with Gasteiger partial charge in [-0.05, 0) is 55.0 Å². The van der Waals surface area contributed by atoms with Gasteiger partial charge in [0.2, 0.25) is 0 Å². The first kappa shape index (κ1) is 21.6. The maximum absolute atomic E-state index is 13.3. The summed E-state index contributed by atoms with van der Waals surface area (Å²) in [6.45, 7) is 2.41. The zero-order chi connectivity index (χ0) is 23.8. The second kappa shape index (κ2) is 8.60. The molecule has 0 bridgehead atoms. The summed E-state index contributed by atoms with van der Waals surface area (Å²) in [5, 5.41) is 21.1. The number of carbonyl (C=O) groups is 2. The van der Waals surface area contributed by atoms with Gasteiger partial charge in [-0.1, -0.05) is 23.5 Å². The summed E-state index contributed by atoms with van der Waals surface area (Å²) in [5.74, 6) is -1.20. The second-order valence-electron chi connectivity index (χ2n) is 7.56. The van der Waals surface area contributed by atoms with Crippen LogP contribution in [0.4, 0.5) is 5.13 Å². The van der Waals surface area contributed by atoms with Gasteiger partial charge in [0, 0.05) is 18.0 Å². The molecule has 1 fully saturated rings. The van der Waals surface area contributed by atoms with Crippen LogP contribution in [-0.4, -0.2) is 38.5 Å². The summed E-state index contributed by atoms with van der Waals surface area (Å²) >= 11 is 1.25. The number of thiazole rings is 1. The molecule has 1 amide bonds. The van der Waals surface area contributed by atoms with Crippen LogP contribution in [0.1, 0.15) is 24.1 Å². The molecule has 1 aliphatic heterocycles. The van der Waals surface area contributed by atoms with Crippen LogP contribution in [0.5, 0.6) is 11.5 Å². The van der Waals surface area contributed by atoms with Crippen LogP contribution < -0.4 is 9.64 Å². The Morgan fingerprint density at radius 3 is 2.53 bits per heavy atom. The van der Waals surface area contributed by atoms with E-state index in [0.717, 1.165) is 4.70 Å². The first-order valence-electron chi connectivity index (χ1n) is 10.5. The topological polar surface area (TPSA) is 113 Å². The second-order valence-corrected chi connectivity index (χ2v) is 8.56. The molecule has 0 saturated carbocycles. The molecule has 1 unspecified atom stereocenters. The number of rotatable bonds is 5. The molecule has 2 N–H and O–H groups in total. The highest BCUT2D eigenvalue weighted by atomic mass is 32.1. The molecule has 1 saturated heterocycles. The molecule has 2 aromatic carbocycles. The minimum Gasteiger partial charge on any atom is -0.508 e. The van der Waals surface area contributed by atoms with E-state index < -0.39 is 17.7 Å². The minimum atomic E-state index is -0.930. The summed E-state index contributed by atoms with van der Waals surface area (Å²) in [7, 11) is 0. The Morgan fingerprint density at radius 1 is 1.09 bits per heavy atom. The Kier molecular flexibility index (Phi) is 5.46. The molecule has 0 radical (unpaired) electrons. The van der Waals surface area contributed by atoms with Gasteiger partial charge in [0.25, 0.3) is 5.78 Å². The van der Waals surface area contributed by atoms with Crippen molar-refractivity contribution >= 4 is 44.1 Å². The van der Waals surface area contributed by atoms with Gasteiger partial charge in [0.05, 0.1) is 28.4 Å². The standard InChI is InChI=1S/C25H19N3O5S/c1-2-33-17-7-8-18-19(13-17)34-25(27-18)28-21(14-3-5-16(29)6-4-14)20(23(31)24(28)32)22(30)15-9-11-26-12-10-15/h3-13,21,29-30H,2H2,1H3. The minimum absolute atomic E-state index is 0.0401. The third-order valence-electron chi connectivity index (χ3n) is 5.47. The van der Waals surface area contributed by atoms with E-state index in [1.807, 2.05) is 13.0 Å². The van der Waals surface area contributed by atoms with Gasteiger partial charge in [-0.25, -0.2) is 4.98 Å². The van der Waals surface area contributed by atoms with Crippen molar-refractivity contribution in [1.29, 1.82) is 0 Å². The van der Waals surface area contributed by atoms with Crippen molar-refractivity contribution in [2.24, 2.45) is 0 Å². The highest BCUT2D eigenvalue weighted by molar-refractivity contribution is 7.22. The number of aromatic nitrogens is 2. The number of hydrogen-bond donors (Lipinski definition) is 2. The van der Waals surface area contributed by atoms with Gasteiger partial charge >= 0.3 is 5.91 Å². The number of phenolic OH excluding ortho intramolecular Hbond substituents is 1. The number of ketones is 1. The lowest BCUT2D eigenvalue weighted by Gasteiger charge is -2.23. The number of aliphatic hydroxyl groups is 1. The lowest BCUT2D eigenvalue weighted by molar-refractivity contribution is -0.132. The number of carbonyl (C=O) groups excluding carboxylic acids is 2. The van der Waals surface area contributed by atoms with Gasteiger partial charge < -0.3 is 14.9 Å². The molecule has 8 nitrogen and oxygen atoms in total. The summed E-state index contributed by atoms with van der Waals surface area (Å²) in [6, 6.07) is 13.8. The van der Waals surface area contributed by atoms with Crippen molar-refractivity contribution in [3.63, 3.8) is 0 Å². The first-order chi connectivity index (χ1) is 16.5. The molecule has 3 heterocycles. The molecule has 5 rings (SSSR count). The summed E-state index contributed by atoms with van der Waals surface area (Å²) < 4.78 is 6.35. The number of fused-ring (bicyclic) bond motifs is 1. The van der Waals surface area contributed by atoms with Gasteiger partial charge in [-0.15, -0.1) is 0 Å². The van der Waals surface area contributed by atoms with Crippen LogP contribution in [0.3, 0.4) is 0 Å². The molecule has 1 atom stereocenters. The summed E-state index contributed by atoms with van der Waals surface area (Å²) in [5.41, 5.74) is 1.50. The molecule has 0 spiro atoms. The lowest BCUT2D eigenvalue weighted by atomic mass is 9.95. The van der Waals surface area contributed by atoms with Crippen LogP contribution in [-0.2, 0) is 9.59 Å². The Balaban J connectivity index is 1.69. The number of amides is 1. The number of phenols is 1. The van der Waals surface area contributed by atoms with Crippen molar-refractivity contribution in [2.75, 3.05) is 11.5 Å². The quantitative estimate of drug-likeness (QED) is 0.251. The zero-order valence-corrected chi connectivity index (χ0v) is 18.8. The average molecular weight is 474 g/mol. The SMILES string of the molecule is CCOc1ccc2nc(N3C(=O)C(=O)C(=C(O)c4ccncc4)C3c3ccc(O)cc3)sc2c1. The fourth-order valence-corrected chi connectivity index (χ4v) is 4.94. The van der Waals surface area contributed by atoms with E-state index in [1.54, 1.807) is 36.4 Å². The van der Waals surface area contributed by atoms with Crippen LogP contribution in [0.25, 0.3) is 16.0 Å². The average Bonchev–Trinajstić information content (AvgIpc) is 3.38. The number of aliphatic hydroxyl groups excluding tert-OH is 1. The van der Waals surface area contributed by atoms with Crippen LogP contribution in [0.2, 0.25) is 0 Å². The molecule has 9 heteroatoms. The molecule has 0 aliphatic carbocycles. The van der Waals surface area contributed by atoms with E-state index in [2.05, 4.69) is 9.97 Å². The van der Waals surface area contributed by atoms with E-state index in [0.29, 0.717) is 34.1 Å². The van der Waals surface area contributed by atoms with E-state index in [1.165, 1.54) is 40.8 Å². The lowest BCUT2D eigenvalue weighted by Crippen LogP contribution is -2.29. The van der Waals surface area contributed by atoms with Crippen molar-refractivity contribution in [3.8, 4) is 11.5 Å². The number of benzene rings is 2. The number of aromatic hydroxyl groups is 1. The number of anilines is 1. The van der Waals surface area contributed by atoms with Crippen molar-refractivity contribution < 1.29 is 24.5 Å². The van der Waals surface area contributed by atoms with Crippen molar-refractivity contribution in [2.45, 2.75) is 13.0 Å². The van der Waals surface area contributed by atoms with Gasteiger partial charge in [0.15, 0.2) is 5.13 Å². The Morgan fingerprint density at radius 2 is 1.82 bits per heavy atom. The van der Waals surface area contributed by atoms with E-state index in [4.69, 9.17) is 4.74 Å². The third-order valence-corrected chi connectivity index (χ3v) is 6.49. The fraction of sp³-hybridized carbons (Fsp3) is 0.120. The largest absolute Gasteiger partial charge is 0.508 e. The van der Waals surface area contributed by atoms with Crippen LogP contribution in [0, 0.1) is 0 Å². The summed E-state index contributed by atoms with van der Waals surface area (Å²) in [6.07, 6.45) is 2.98. The van der Waals surface area contributed by atoms with Gasteiger partial charge in [0.1, 0.15) is 17.3 Å². The molecular weight excluding hydrogens is 454 g/mol. The van der Waals surface area contributed by atoms with Crippen molar-refractivity contribution in [1.82, 2.24) is 9.97 Å². The van der Waals surface area contributed by atoms with Crippen LogP contribution >= 0.6 is 11.3 Å². The molecule has 1 aliphatic rings. The van der Waals surface area contributed by atoms with Gasteiger partial charge in [-0.2, -0.15) is 0 Å². The molecule has 34 heavy (non-hydrogen) atoms. The van der Waals surface area contributed by atoms with Gasteiger partial charge in [-0.3, -0.25) is 19.5 Å². The Bertz CT molecular complexity index is 1430. The highest BCUT2D eigenvalue weighted by Crippen LogP contribution is 2.44. The van der Waals surface area contributed by atoms with E-state index >= 15 is 0 Å². The number of pyridine rings is 1.